The van der Waals surface area contributed by atoms with Crippen LogP contribution in [-0.2, 0) is 17.6 Å². The fourth-order valence-electron chi connectivity index (χ4n) is 4.97. The molecule has 1 fully saturated rings. The highest BCUT2D eigenvalue weighted by molar-refractivity contribution is 8.15. The van der Waals surface area contributed by atoms with Crippen molar-refractivity contribution in [3.63, 3.8) is 0 Å². The number of nitrogens with zero attached hydrogens (tertiary/aromatic N) is 5. The summed E-state index contributed by atoms with van der Waals surface area (Å²) in [5, 5.41) is 18.7. The number of halogens is 3. The van der Waals surface area contributed by atoms with E-state index in [-0.39, 0.29) is 23.3 Å². The summed E-state index contributed by atoms with van der Waals surface area (Å²) in [6.07, 6.45) is -3.30. The lowest BCUT2D eigenvalue weighted by atomic mass is 9.99. The van der Waals surface area contributed by atoms with Crippen molar-refractivity contribution in [1.29, 1.82) is 0 Å². The number of alkyl halides is 3. The normalized spacial score (nSPS) is 15.3. The molecule has 1 atom stereocenters. The lowest BCUT2D eigenvalue weighted by molar-refractivity contribution is -0.274. The van der Waals surface area contributed by atoms with Crippen LogP contribution in [0.15, 0.2) is 72.0 Å². The molecule has 4 aromatic rings. The van der Waals surface area contributed by atoms with Crippen molar-refractivity contribution in [1.82, 2.24) is 14.8 Å². The highest BCUT2D eigenvalue weighted by atomic mass is 32.2. The van der Waals surface area contributed by atoms with Crippen molar-refractivity contribution in [3.05, 3.63) is 95.1 Å². The van der Waals surface area contributed by atoms with Gasteiger partial charge in [-0.2, -0.15) is 5.10 Å². The Morgan fingerprint density at radius 2 is 1.82 bits per heavy atom. The molecule has 3 aromatic carbocycles. The van der Waals surface area contributed by atoms with E-state index in [4.69, 9.17) is 0 Å². The van der Waals surface area contributed by atoms with Crippen LogP contribution in [0.2, 0.25) is 0 Å². The minimum absolute atomic E-state index is 0.0774. The monoisotopic (exact) mass is 638 g/mol. The Balaban J connectivity index is 1.21. The first-order valence-electron chi connectivity index (χ1n) is 14.3. The molecule has 9 nitrogen and oxygen atoms in total. The molecule has 1 amide bonds. The Morgan fingerprint density at radius 3 is 2.51 bits per heavy atom. The Morgan fingerprint density at radius 1 is 1.07 bits per heavy atom. The van der Waals surface area contributed by atoms with Gasteiger partial charge in [-0.05, 0) is 90.9 Å². The summed E-state index contributed by atoms with van der Waals surface area (Å²) in [4.78, 5) is 23.2. The maximum atomic E-state index is 12.9. The van der Waals surface area contributed by atoms with E-state index in [0.717, 1.165) is 27.9 Å². The zero-order valence-electron chi connectivity index (χ0n) is 25.2. The molecule has 2 heterocycles. The number of thioether (sulfide) groups is 1. The van der Waals surface area contributed by atoms with Crippen molar-refractivity contribution < 1.29 is 27.8 Å². The van der Waals surface area contributed by atoms with Crippen LogP contribution in [0, 0.1) is 13.8 Å². The number of aliphatic hydroxyl groups is 1. The number of aliphatic imine (C=N–C) groups is 1. The minimum atomic E-state index is -4.75. The molecule has 2 N–H and O–H groups in total. The van der Waals surface area contributed by atoms with Gasteiger partial charge in [-0.3, -0.25) is 9.69 Å². The molecule has 1 saturated heterocycles. The van der Waals surface area contributed by atoms with E-state index in [9.17, 15) is 23.1 Å². The Labute approximate surface area is 263 Å². The molecule has 1 aliphatic heterocycles. The van der Waals surface area contributed by atoms with Gasteiger partial charge in [0.25, 0.3) is 0 Å². The molecular weight excluding hydrogens is 605 g/mol. The number of hydrogen-bond donors (Lipinski definition) is 2. The molecule has 0 bridgehead atoms. The van der Waals surface area contributed by atoms with Gasteiger partial charge < -0.3 is 15.2 Å². The molecule has 13 heteroatoms. The van der Waals surface area contributed by atoms with Gasteiger partial charge in [-0.25, -0.2) is 14.7 Å². The van der Waals surface area contributed by atoms with E-state index in [1.54, 1.807) is 4.90 Å². The molecule has 5 rings (SSSR count). The first-order chi connectivity index (χ1) is 21.4. The van der Waals surface area contributed by atoms with Crippen LogP contribution in [0.5, 0.6) is 5.75 Å². The number of anilines is 2. The Kier molecular flexibility index (Phi) is 9.49. The smallest absolute Gasteiger partial charge is 0.406 e. The molecule has 0 aliphatic carbocycles. The van der Waals surface area contributed by atoms with Gasteiger partial charge in [-0.15, -0.1) is 13.2 Å². The SMILES string of the molecule is Cc1ccc(C(C)C)c(N2C(=O)CSC2=NC(O)Nc2ccc(CCc3ncn(-c4ccc(OC(F)(F)F)cc4)n3)c(C)c2)c1. The van der Waals surface area contributed by atoms with E-state index in [1.165, 1.54) is 47.0 Å². The first kappa shape index (κ1) is 32.0. The third-order valence-corrected chi connectivity index (χ3v) is 8.11. The van der Waals surface area contributed by atoms with Gasteiger partial charge in [-0.1, -0.05) is 43.8 Å². The second-order valence-electron chi connectivity index (χ2n) is 11.0. The van der Waals surface area contributed by atoms with E-state index in [1.807, 2.05) is 50.2 Å². The Hall–Kier alpha value is -4.36. The molecular formula is C32H33F3N6O3S. The zero-order valence-corrected chi connectivity index (χ0v) is 26.0. The molecule has 1 aromatic heterocycles. The lowest BCUT2D eigenvalue weighted by Gasteiger charge is -2.23. The van der Waals surface area contributed by atoms with Crippen molar-refractivity contribution in [2.45, 2.75) is 59.2 Å². The number of amides is 1. The minimum Gasteiger partial charge on any atom is -0.406 e. The molecule has 1 unspecified atom stereocenters. The van der Waals surface area contributed by atoms with Crippen molar-refractivity contribution in [2.24, 2.45) is 4.99 Å². The molecule has 236 valence electrons. The van der Waals surface area contributed by atoms with Gasteiger partial charge in [0.15, 0.2) is 11.0 Å². The lowest BCUT2D eigenvalue weighted by Crippen LogP contribution is -2.32. The number of amidine groups is 1. The fourth-order valence-corrected chi connectivity index (χ4v) is 5.85. The van der Waals surface area contributed by atoms with E-state index in [2.05, 4.69) is 39.0 Å². The average Bonchev–Trinajstić information content (AvgIpc) is 3.58. The zero-order chi connectivity index (χ0) is 32.3. The highest BCUT2D eigenvalue weighted by Gasteiger charge is 2.33. The van der Waals surface area contributed by atoms with Gasteiger partial charge in [0, 0.05) is 12.1 Å². The van der Waals surface area contributed by atoms with E-state index >= 15 is 0 Å². The number of benzene rings is 3. The third-order valence-electron chi connectivity index (χ3n) is 7.18. The van der Waals surface area contributed by atoms with Crippen LogP contribution < -0.4 is 15.0 Å². The van der Waals surface area contributed by atoms with Crippen molar-refractivity contribution >= 4 is 34.2 Å². The number of carbonyl (C=O) groups excluding carboxylic acids is 1. The molecule has 0 radical (unpaired) electrons. The standard InChI is InChI=1S/C32H33F3N6O3S/c1-19(2)26-13-5-20(3)15-27(26)41-29(42)17-45-31(41)38-30(43)37-23-8-6-22(21(4)16-23)7-14-28-36-18-40(39-28)24-9-11-25(12-10-24)44-32(33,34)35/h5-6,8-13,15-16,18-19,30,37,43H,7,14,17H2,1-4H3. The largest absolute Gasteiger partial charge is 0.573 e. The molecule has 0 spiro atoms. The predicted molar refractivity (Wildman–Crippen MR) is 169 cm³/mol. The average molecular weight is 639 g/mol. The van der Waals surface area contributed by atoms with Gasteiger partial charge in [0.1, 0.15) is 12.1 Å². The topological polar surface area (TPSA) is 105 Å². The molecule has 0 saturated carbocycles. The van der Waals surface area contributed by atoms with Crippen molar-refractivity contribution in [3.8, 4) is 11.4 Å². The number of aromatic nitrogens is 3. The molecule has 45 heavy (non-hydrogen) atoms. The van der Waals surface area contributed by atoms with Crippen LogP contribution in [0.1, 0.15) is 47.8 Å². The predicted octanol–water partition coefficient (Wildman–Crippen LogP) is 6.52. The summed E-state index contributed by atoms with van der Waals surface area (Å²) in [7, 11) is 0. The maximum Gasteiger partial charge on any atom is 0.573 e. The first-order valence-corrected chi connectivity index (χ1v) is 15.3. The van der Waals surface area contributed by atoms with Gasteiger partial charge >= 0.3 is 6.36 Å². The summed E-state index contributed by atoms with van der Waals surface area (Å²) < 4.78 is 42.6. The van der Waals surface area contributed by atoms with Gasteiger partial charge in [0.2, 0.25) is 12.3 Å². The quantitative estimate of drug-likeness (QED) is 0.191. The number of aliphatic hydroxyl groups excluding tert-OH is 1. The second kappa shape index (κ2) is 13.3. The third kappa shape index (κ3) is 8.03. The number of aryl methyl sites for hydroxylation is 4. The fraction of sp³-hybridized carbons (Fsp3) is 0.312. The summed E-state index contributed by atoms with van der Waals surface area (Å²) >= 11 is 1.30. The number of rotatable bonds is 10. The van der Waals surface area contributed by atoms with Crippen LogP contribution in [-0.4, -0.2) is 49.4 Å². The summed E-state index contributed by atoms with van der Waals surface area (Å²) in [5.41, 5.74) is 6.15. The van der Waals surface area contributed by atoms with Crippen molar-refractivity contribution in [2.75, 3.05) is 16.0 Å². The molecule has 1 aliphatic rings. The second-order valence-corrected chi connectivity index (χ2v) is 11.9. The number of carbonyl (C=O) groups is 1. The summed E-state index contributed by atoms with van der Waals surface area (Å²) in [6.45, 7) is 8.10. The summed E-state index contributed by atoms with van der Waals surface area (Å²) in [6, 6.07) is 17.1. The van der Waals surface area contributed by atoms with Crippen LogP contribution in [0.3, 0.4) is 0 Å². The highest BCUT2D eigenvalue weighted by Crippen LogP contribution is 2.34. The number of ether oxygens (including phenoxy) is 1. The van der Waals surface area contributed by atoms with E-state index in [0.29, 0.717) is 35.2 Å². The van der Waals surface area contributed by atoms with Gasteiger partial charge in [0.05, 0.1) is 17.1 Å². The summed E-state index contributed by atoms with van der Waals surface area (Å²) in [5.74, 6) is 0.657. The number of nitrogens with one attached hydrogen (secondary N) is 1. The Bertz CT molecular complexity index is 1710. The number of hydrogen-bond acceptors (Lipinski definition) is 8. The van der Waals surface area contributed by atoms with Crippen LogP contribution in [0.4, 0.5) is 24.5 Å². The maximum absolute atomic E-state index is 12.9. The van der Waals surface area contributed by atoms with Crippen LogP contribution in [0.25, 0.3) is 5.69 Å². The van der Waals surface area contributed by atoms with Crippen LogP contribution >= 0.6 is 11.8 Å². The van der Waals surface area contributed by atoms with E-state index < -0.39 is 12.7 Å².